The lowest BCUT2D eigenvalue weighted by molar-refractivity contribution is -0.155. The SMILES string of the molecule is CC[C@H](C)C(N)C(=O)OCOC(=O)N(C[C@H]1CN(c2ccc(C3CCS(=O)(=O)CC3)c(F)c2)C(=O)O1)C(C)=O.Cl. The van der Waals surface area contributed by atoms with Crippen LogP contribution in [0.4, 0.5) is 19.7 Å². The maximum absolute atomic E-state index is 14.9. The number of carbonyl (C=O) groups is 4. The number of esters is 1. The molecule has 1 unspecified atom stereocenters. The fourth-order valence-corrected chi connectivity index (χ4v) is 5.87. The van der Waals surface area contributed by atoms with Crippen LogP contribution in [-0.2, 0) is 33.6 Å². The molecule has 3 atom stereocenters. The van der Waals surface area contributed by atoms with Gasteiger partial charge in [-0.05, 0) is 42.4 Å². The van der Waals surface area contributed by atoms with E-state index in [4.69, 9.17) is 19.9 Å². The fourth-order valence-electron chi connectivity index (χ4n) is 4.38. The molecule has 2 saturated heterocycles. The van der Waals surface area contributed by atoms with Crippen molar-refractivity contribution in [3.8, 4) is 0 Å². The maximum Gasteiger partial charge on any atom is 0.419 e. The minimum Gasteiger partial charge on any atom is -0.442 e. The Bertz CT molecular complexity index is 1200. The monoisotopic (exact) mass is 607 g/mol. The van der Waals surface area contributed by atoms with Crippen LogP contribution < -0.4 is 10.6 Å². The first kappa shape index (κ1) is 33.2. The molecule has 224 valence electrons. The summed E-state index contributed by atoms with van der Waals surface area (Å²) in [4.78, 5) is 50.8. The van der Waals surface area contributed by atoms with Crippen LogP contribution in [-0.4, -0.2) is 80.9 Å². The van der Waals surface area contributed by atoms with Crippen molar-refractivity contribution in [3.05, 3.63) is 29.6 Å². The molecule has 2 aliphatic heterocycles. The molecule has 15 heteroatoms. The van der Waals surface area contributed by atoms with Crippen LogP contribution in [0.5, 0.6) is 0 Å². The van der Waals surface area contributed by atoms with Gasteiger partial charge in [-0.2, -0.15) is 0 Å². The van der Waals surface area contributed by atoms with Crippen molar-refractivity contribution in [2.75, 3.05) is 36.3 Å². The average Bonchev–Trinajstić information content (AvgIpc) is 3.26. The number of amides is 3. The van der Waals surface area contributed by atoms with Gasteiger partial charge in [0.25, 0.3) is 0 Å². The van der Waals surface area contributed by atoms with E-state index < -0.39 is 58.7 Å². The lowest BCUT2D eigenvalue weighted by atomic mass is 9.93. The van der Waals surface area contributed by atoms with Crippen LogP contribution >= 0.6 is 12.4 Å². The Morgan fingerprint density at radius 3 is 2.45 bits per heavy atom. The van der Waals surface area contributed by atoms with E-state index in [-0.39, 0.29) is 54.5 Å². The summed E-state index contributed by atoms with van der Waals surface area (Å²) in [6.07, 6.45) is -1.52. The normalized spacial score (nSPS) is 20.1. The van der Waals surface area contributed by atoms with E-state index in [0.717, 1.165) is 6.92 Å². The summed E-state index contributed by atoms with van der Waals surface area (Å²) < 4.78 is 53.3. The summed E-state index contributed by atoms with van der Waals surface area (Å²) in [5, 5.41) is 0. The van der Waals surface area contributed by atoms with Gasteiger partial charge in [0.15, 0.2) is 0 Å². The molecule has 3 rings (SSSR count). The van der Waals surface area contributed by atoms with Gasteiger partial charge in [-0.15, -0.1) is 12.4 Å². The van der Waals surface area contributed by atoms with Crippen LogP contribution in [0.1, 0.15) is 51.5 Å². The van der Waals surface area contributed by atoms with Crippen molar-refractivity contribution in [1.29, 1.82) is 0 Å². The van der Waals surface area contributed by atoms with E-state index >= 15 is 0 Å². The highest BCUT2D eigenvalue weighted by molar-refractivity contribution is 7.91. The zero-order valence-electron chi connectivity index (χ0n) is 22.5. The zero-order chi connectivity index (χ0) is 28.9. The van der Waals surface area contributed by atoms with Crippen molar-refractivity contribution in [3.63, 3.8) is 0 Å². The van der Waals surface area contributed by atoms with Crippen LogP contribution in [0.3, 0.4) is 0 Å². The van der Waals surface area contributed by atoms with Gasteiger partial charge >= 0.3 is 18.2 Å². The number of cyclic esters (lactones) is 1. The summed E-state index contributed by atoms with van der Waals surface area (Å²) in [5.41, 5.74) is 6.37. The third-order valence-corrected chi connectivity index (χ3v) is 8.78. The molecule has 0 aliphatic carbocycles. The van der Waals surface area contributed by atoms with Crippen LogP contribution in [0.15, 0.2) is 18.2 Å². The molecule has 2 aliphatic rings. The number of sulfone groups is 1. The first-order valence-corrected chi connectivity index (χ1v) is 14.5. The number of rotatable bonds is 9. The zero-order valence-corrected chi connectivity index (χ0v) is 24.2. The molecule has 12 nitrogen and oxygen atoms in total. The second-order valence-corrected chi connectivity index (χ2v) is 12.1. The lowest BCUT2D eigenvalue weighted by Gasteiger charge is -2.23. The predicted octanol–water partition coefficient (Wildman–Crippen LogP) is 2.72. The molecule has 2 fully saturated rings. The number of hydrogen-bond donors (Lipinski definition) is 1. The summed E-state index contributed by atoms with van der Waals surface area (Å²) >= 11 is 0. The Kier molecular flexibility index (Phi) is 11.7. The number of carbonyl (C=O) groups excluding carboxylic acids is 4. The molecule has 0 aromatic heterocycles. The van der Waals surface area contributed by atoms with Crippen molar-refractivity contribution >= 4 is 52.0 Å². The summed E-state index contributed by atoms with van der Waals surface area (Å²) in [5.74, 6) is -2.38. The van der Waals surface area contributed by atoms with Crippen LogP contribution in [0.2, 0.25) is 0 Å². The van der Waals surface area contributed by atoms with E-state index in [2.05, 4.69) is 0 Å². The molecule has 0 radical (unpaired) electrons. The van der Waals surface area contributed by atoms with Gasteiger partial charge in [0.2, 0.25) is 12.7 Å². The third-order valence-electron chi connectivity index (χ3n) is 7.06. The third kappa shape index (κ3) is 8.27. The van der Waals surface area contributed by atoms with E-state index in [0.29, 0.717) is 29.7 Å². The quantitative estimate of drug-likeness (QED) is 0.326. The average molecular weight is 608 g/mol. The highest BCUT2D eigenvalue weighted by Crippen LogP contribution is 2.33. The summed E-state index contributed by atoms with van der Waals surface area (Å²) in [6, 6.07) is 3.36. The molecule has 1 aromatic carbocycles. The van der Waals surface area contributed by atoms with E-state index in [1.54, 1.807) is 13.0 Å². The molecule has 0 spiro atoms. The summed E-state index contributed by atoms with van der Waals surface area (Å²) in [6.45, 7) is 3.59. The molecule has 2 heterocycles. The Morgan fingerprint density at radius 1 is 1.23 bits per heavy atom. The van der Waals surface area contributed by atoms with Crippen molar-refractivity contribution in [1.82, 2.24) is 4.90 Å². The van der Waals surface area contributed by atoms with Gasteiger partial charge in [-0.1, -0.05) is 26.3 Å². The molecule has 1 aromatic rings. The Balaban J connectivity index is 0.00000560. The van der Waals surface area contributed by atoms with Gasteiger partial charge in [-0.25, -0.2) is 27.3 Å². The number of imide groups is 1. The number of ether oxygens (including phenoxy) is 3. The van der Waals surface area contributed by atoms with E-state index in [1.807, 2.05) is 6.92 Å². The molecule has 40 heavy (non-hydrogen) atoms. The lowest BCUT2D eigenvalue weighted by Crippen LogP contribution is -2.43. The van der Waals surface area contributed by atoms with Gasteiger partial charge in [-0.3, -0.25) is 14.5 Å². The Hall–Kier alpha value is -2.97. The number of halogens is 2. The molecule has 0 saturated carbocycles. The molecule has 3 amide bonds. The number of hydrogen-bond acceptors (Lipinski definition) is 10. The molecular weight excluding hydrogens is 573 g/mol. The highest BCUT2D eigenvalue weighted by atomic mass is 35.5. The Morgan fingerprint density at radius 2 is 1.88 bits per heavy atom. The molecule has 2 N–H and O–H groups in total. The summed E-state index contributed by atoms with van der Waals surface area (Å²) in [7, 11) is -3.09. The predicted molar refractivity (Wildman–Crippen MR) is 144 cm³/mol. The van der Waals surface area contributed by atoms with Gasteiger partial charge < -0.3 is 19.9 Å². The first-order valence-electron chi connectivity index (χ1n) is 12.7. The molecule has 0 bridgehead atoms. The van der Waals surface area contributed by atoms with E-state index in [1.165, 1.54) is 17.0 Å². The van der Waals surface area contributed by atoms with Gasteiger partial charge in [0, 0.05) is 6.92 Å². The van der Waals surface area contributed by atoms with Gasteiger partial charge in [0.1, 0.15) is 27.8 Å². The number of nitrogens with two attached hydrogens (primary N) is 1. The molecular formula is C25H35ClFN3O9S. The Labute approximate surface area is 238 Å². The number of nitrogens with zero attached hydrogens (tertiary/aromatic N) is 2. The second kappa shape index (κ2) is 14.1. The van der Waals surface area contributed by atoms with Crippen LogP contribution in [0, 0.1) is 11.7 Å². The number of anilines is 1. The largest absolute Gasteiger partial charge is 0.442 e. The minimum atomic E-state index is -3.09. The van der Waals surface area contributed by atoms with Gasteiger partial charge in [0.05, 0.1) is 30.3 Å². The second-order valence-electron chi connectivity index (χ2n) is 9.78. The standard InChI is InChI=1S/C25H34FN3O9S.ClH/c1-4-15(2)22(27)23(31)36-14-37-24(32)28(16(3)30)12-19-13-29(25(33)38-19)18-5-6-20(21(26)11-18)17-7-9-39(34,35)10-8-17;/h5-6,11,15,17,19,22H,4,7-10,12-14,27H2,1-3H3;1H/t15-,19-,22?;/m0./s1. The van der Waals surface area contributed by atoms with Crippen molar-refractivity contribution in [2.45, 2.75) is 58.1 Å². The number of benzene rings is 1. The topological polar surface area (TPSA) is 163 Å². The highest BCUT2D eigenvalue weighted by Gasteiger charge is 2.37. The smallest absolute Gasteiger partial charge is 0.419 e. The maximum atomic E-state index is 14.9. The first-order chi connectivity index (χ1) is 18.3. The minimum absolute atomic E-state index is 0. The fraction of sp³-hybridized carbons (Fsp3) is 0.600. The van der Waals surface area contributed by atoms with E-state index in [9.17, 15) is 32.0 Å². The van der Waals surface area contributed by atoms with Crippen molar-refractivity contribution in [2.24, 2.45) is 11.7 Å². The van der Waals surface area contributed by atoms with Crippen molar-refractivity contribution < 1.29 is 46.2 Å². The van der Waals surface area contributed by atoms with Crippen LogP contribution in [0.25, 0.3) is 0 Å².